The molecule has 3 aromatic rings. The summed E-state index contributed by atoms with van der Waals surface area (Å²) in [5, 5.41) is 7.87. The largest absolute Gasteiger partial charge is 0.421 e. The van der Waals surface area contributed by atoms with Crippen LogP contribution in [0, 0.1) is 11.6 Å². The molecule has 0 atom stereocenters. The van der Waals surface area contributed by atoms with Crippen molar-refractivity contribution < 1.29 is 13.2 Å². The fraction of sp³-hybridized carbons (Fsp3) is 0.0588. The molecule has 0 bridgehead atoms. The first-order chi connectivity index (χ1) is 11.1. The predicted molar refractivity (Wildman–Crippen MR) is 86.5 cm³/mol. The highest BCUT2D eigenvalue weighted by molar-refractivity contribution is 9.10. The van der Waals surface area contributed by atoms with E-state index in [0.29, 0.717) is 23.8 Å². The standard InChI is InChI=1S/C17H11BrF2N2O/c18-13-3-1-2-12(8-13)10-17-22-21-16(23-17)7-5-11-4-6-14(19)15(20)9-11/h1-9H,10H2/b7-5+. The Balaban J connectivity index is 1.71. The third kappa shape index (κ3) is 4.10. The van der Waals surface area contributed by atoms with Crippen LogP contribution >= 0.6 is 15.9 Å². The predicted octanol–water partition coefficient (Wildman–Crippen LogP) is 4.87. The highest BCUT2D eigenvalue weighted by Crippen LogP contribution is 2.16. The average molecular weight is 377 g/mol. The first kappa shape index (κ1) is 15.6. The van der Waals surface area contributed by atoms with E-state index in [1.54, 1.807) is 12.2 Å². The van der Waals surface area contributed by atoms with E-state index in [9.17, 15) is 8.78 Å². The minimum absolute atomic E-state index is 0.305. The van der Waals surface area contributed by atoms with E-state index >= 15 is 0 Å². The molecule has 1 heterocycles. The van der Waals surface area contributed by atoms with Crippen molar-refractivity contribution in [1.29, 1.82) is 0 Å². The van der Waals surface area contributed by atoms with Gasteiger partial charge in [-0.15, -0.1) is 10.2 Å². The minimum Gasteiger partial charge on any atom is -0.421 e. The van der Waals surface area contributed by atoms with Gasteiger partial charge in [0.15, 0.2) is 11.6 Å². The molecule has 0 aliphatic rings. The first-order valence-corrected chi connectivity index (χ1v) is 7.59. The molecule has 0 aliphatic carbocycles. The molecule has 3 nitrogen and oxygen atoms in total. The molecule has 0 spiro atoms. The zero-order chi connectivity index (χ0) is 16.2. The van der Waals surface area contributed by atoms with Crippen molar-refractivity contribution in [3.8, 4) is 0 Å². The zero-order valence-corrected chi connectivity index (χ0v) is 13.4. The summed E-state index contributed by atoms with van der Waals surface area (Å²) >= 11 is 3.41. The van der Waals surface area contributed by atoms with Gasteiger partial charge in [-0.25, -0.2) is 8.78 Å². The summed E-state index contributed by atoms with van der Waals surface area (Å²) in [6, 6.07) is 11.4. The molecule has 0 amide bonds. The summed E-state index contributed by atoms with van der Waals surface area (Å²) < 4.78 is 32.5. The lowest BCUT2D eigenvalue weighted by atomic mass is 10.1. The zero-order valence-electron chi connectivity index (χ0n) is 11.8. The van der Waals surface area contributed by atoms with Crippen molar-refractivity contribution in [3.63, 3.8) is 0 Å². The van der Waals surface area contributed by atoms with Gasteiger partial charge in [0.1, 0.15) is 0 Å². The second-order valence-electron chi connectivity index (χ2n) is 4.85. The Morgan fingerprint density at radius 3 is 2.65 bits per heavy atom. The van der Waals surface area contributed by atoms with Crippen molar-refractivity contribution in [2.75, 3.05) is 0 Å². The number of halogens is 3. The van der Waals surface area contributed by atoms with Crippen molar-refractivity contribution in [1.82, 2.24) is 10.2 Å². The summed E-state index contributed by atoms with van der Waals surface area (Å²) in [6.07, 6.45) is 3.66. The molecular formula is C17H11BrF2N2O. The van der Waals surface area contributed by atoms with Crippen LogP contribution in [0.15, 0.2) is 51.4 Å². The van der Waals surface area contributed by atoms with Gasteiger partial charge in [0, 0.05) is 10.5 Å². The third-order valence-electron chi connectivity index (χ3n) is 3.09. The van der Waals surface area contributed by atoms with E-state index in [-0.39, 0.29) is 0 Å². The summed E-state index contributed by atoms with van der Waals surface area (Å²) in [4.78, 5) is 0. The van der Waals surface area contributed by atoms with Crippen LogP contribution in [0.1, 0.15) is 22.9 Å². The maximum Gasteiger partial charge on any atom is 0.240 e. The van der Waals surface area contributed by atoms with Crippen LogP contribution in [-0.4, -0.2) is 10.2 Å². The van der Waals surface area contributed by atoms with Crippen LogP contribution in [0.4, 0.5) is 8.78 Å². The fourth-order valence-electron chi connectivity index (χ4n) is 2.01. The highest BCUT2D eigenvalue weighted by atomic mass is 79.9. The molecule has 0 N–H and O–H groups in total. The number of aromatic nitrogens is 2. The smallest absolute Gasteiger partial charge is 0.240 e. The van der Waals surface area contributed by atoms with Crippen LogP contribution in [-0.2, 0) is 6.42 Å². The Kier molecular flexibility index (Phi) is 4.62. The lowest BCUT2D eigenvalue weighted by Crippen LogP contribution is -1.87. The molecule has 1 aromatic heterocycles. The average Bonchev–Trinajstić information content (AvgIpc) is 2.96. The lowest BCUT2D eigenvalue weighted by molar-refractivity contribution is 0.496. The van der Waals surface area contributed by atoms with Crippen LogP contribution in [0.3, 0.4) is 0 Å². The first-order valence-electron chi connectivity index (χ1n) is 6.80. The summed E-state index contributed by atoms with van der Waals surface area (Å²) in [7, 11) is 0. The van der Waals surface area contributed by atoms with E-state index in [1.807, 2.05) is 24.3 Å². The molecular weight excluding hydrogens is 366 g/mol. The Hall–Kier alpha value is -2.34. The minimum atomic E-state index is -0.895. The van der Waals surface area contributed by atoms with Gasteiger partial charge in [0.05, 0.1) is 6.42 Å². The van der Waals surface area contributed by atoms with Gasteiger partial charge in [-0.3, -0.25) is 0 Å². The van der Waals surface area contributed by atoms with Gasteiger partial charge in [0.25, 0.3) is 0 Å². The molecule has 0 unspecified atom stereocenters. The number of nitrogens with zero attached hydrogens (tertiary/aromatic N) is 2. The molecule has 3 rings (SSSR count). The number of hydrogen-bond donors (Lipinski definition) is 0. The Labute approximate surface area is 139 Å². The van der Waals surface area contributed by atoms with E-state index in [4.69, 9.17) is 4.42 Å². The SMILES string of the molecule is Fc1ccc(/C=C/c2nnc(Cc3cccc(Br)c3)o2)cc1F. The Morgan fingerprint density at radius 2 is 1.87 bits per heavy atom. The topological polar surface area (TPSA) is 38.9 Å². The van der Waals surface area contributed by atoms with Crippen LogP contribution < -0.4 is 0 Å². The molecule has 116 valence electrons. The van der Waals surface area contributed by atoms with Gasteiger partial charge >= 0.3 is 0 Å². The molecule has 0 fully saturated rings. The molecule has 0 radical (unpaired) electrons. The molecule has 23 heavy (non-hydrogen) atoms. The Bertz CT molecular complexity index is 861. The number of hydrogen-bond acceptors (Lipinski definition) is 3. The number of rotatable bonds is 4. The third-order valence-corrected chi connectivity index (χ3v) is 3.58. The molecule has 6 heteroatoms. The van der Waals surface area contributed by atoms with E-state index in [0.717, 1.165) is 22.2 Å². The molecule has 0 saturated heterocycles. The van der Waals surface area contributed by atoms with Crippen LogP contribution in [0.2, 0.25) is 0 Å². The second-order valence-corrected chi connectivity index (χ2v) is 5.76. The highest BCUT2D eigenvalue weighted by Gasteiger charge is 2.06. The van der Waals surface area contributed by atoms with E-state index in [1.165, 1.54) is 6.07 Å². The van der Waals surface area contributed by atoms with Crippen molar-refractivity contribution in [2.24, 2.45) is 0 Å². The van der Waals surface area contributed by atoms with Gasteiger partial charge in [0.2, 0.25) is 11.8 Å². The molecule has 0 aliphatic heterocycles. The summed E-state index contributed by atoms with van der Waals surface area (Å²) in [5.41, 5.74) is 1.55. The van der Waals surface area contributed by atoms with E-state index in [2.05, 4.69) is 26.1 Å². The van der Waals surface area contributed by atoms with Gasteiger partial charge in [-0.1, -0.05) is 34.1 Å². The summed E-state index contributed by atoms with van der Waals surface area (Å²) in [6.45, 7) is 0. The Morgan fingerprint density at radius 1 is 1.00 bits per heavy atom. The van der Waals surface area contributed by atoms with Crippen LogP contribution in [0.5, 0.6) is 0 Å². The van der Waals surface area contributed by atoms with Gasteiger partial charge < -0.3 is 4.42 Å². The maximum atomic E-state index is 13.1. The monoisotopic (exact) mass is 376 g/mol. The van der Waals surface area contributed by atoms with E-state index < -0.39 is 11.6 Å². The normalized spacial score (nSPS) is 11.3. The fourth-order valence-corrected chi connectivity index (χ4v) is 2.46. The summed E-state index contributed by atoms with van der Waals surface area (Å²) in [5.74, 6) is -0.989. The van der Waals surface area contributed by atoms with Crippen molar-refractivity contribution in [2.45, 2.75) is 6.42 Å². The van der Waals surface area contributed by atoms with Crippen molar-refractivity contribution in [3.05, 3.63) is 81.5 Å². The van der Waals surface area contributed by atoms with Crippen molar-refractivity contribution >= 4 is 28.1 Å². The second kappa shape index (κ2) is 6.83. The van der Waals surface area contributed by atoms with Crippen LogP contribution in [0.25, 0.3) is 12.2 Å². The molecule has 2 aromatic carbocycles. The lowest BCUT2D eigenvalue weighted by Gasteiger charge is -1.97. The quantitative estimate of drug-likeness (QED) is 0.651. The maximum absolute atomic E-state index is 13.1. The van der Waals surface area contributed by atoms with Gasteiger partial charge in [-0.05, 0) is 41.5 Å². The molecule has 0 saturated carbocycles. The number of benzene rings is 2. The van der Waals surface area contributed by atoms with Gasteiger partial charge in [-0.2, -0.15) is 0 Å².